The Morgan fingerprint density at radius 3 is 2.59 bits per heavy atom. The first-order valence-corrected chi connectivity index (χ1v) is 7.53. The average molecular weight is 312 g/mol. The molecule has 1 aromatic rings. The van der Waals surface area contributed by atoms with E-state index >= 15 is 0 Å². The van der Waals surface area contributed by atoms with Gasteiger partial charge in [-0.1, -0.05) is 6.07 Å². The topological polar surface area (TPSA) is 32.3 Å². The molecule has 1 aromatic carbocycles. The van der Waals surface area contributed by atoms with E-state index in [4.69, 9.17) is 0 Å². The van der Waals surface area contributed by atoms with Gasteiger partial charge in [-0.25, -0.2) is 0 Å². The Morgan fingerprint density at radius 2 is 2.05 bits per heavy atom. The van der Waals surface area contributed by atoms with Crippen molar-refractivity contribution < 1.29 is 18.0 Å². The van der Waals surface area contributed by atoms with Crippen LogP contribution < -0.4 is 5.32 Å². The molecule has 0 spiro atoms. The van der Waals surface area contributed by atoms with Crippen LogP contribution in [0.15, 0.2) is 12.1 Å². The third-order valence-corrected chi connectivity index (χ3v) is 4.58. The smallest absolute Gasteiger partial charge is 0.314 e. The van der Waals surface area contributed by atoms with Crippen LogP contribution in [0.4, 0.5) is 13.2 Å². The van der Waals surface area contributed by atoms with E-state index in [1.165, 1.54) is 6.07 Å². The fourth-order valence-corrected chi connectivity index (χ4v) is 3.15. The number of likely N-dealkylation sites (N-methyl/N-ethyl adjacent to an activating group) is 1. The number of nitrogens with one attached hydrogen (secondary N) is 1. The molecule has 120 valence electrons. The van der Waals surface area contributed by atoms with Crippen molar-refractivity contribution in [2.24, 2.45) is 0 Å². The van der Waals surface area contributed by atoms with E-state index in [1.807, 2.05) is 18.0 Å². The van der Waals surface area contributed by atoms with Crippen LogP contribution in [0.1, 0.15) is 51.8 Å². The lowest BCUT2D eigenvalue weighted by molar-refractivity contribution is -0.138. The molecule has 1 heterocycles. The van der Waals surface area contributed by atoms with E-state index in [1.54, 1.807) is 0 Å². The summed E-state index contributed by atoms with van der Waals surface area (Å²) in [6.07, 6.45) is -2.29. The molecule has 1 unspecified atom stereocenters. The maximum atomic E-state index is 13.4. The molecule has 0 aromatic heterocycles. The molecule has 1 aliphatic carbocycles. The number of carbonyl (C=O) groups excluding carboxylic acids is 1. The number of hydrogen-bond acceptors (Lipinski definition) is 3. The lowest BCUT2D eigenvalue weighted by atomic mass is 9.90. The predicted octanol–water partition coefficient (Wildman–Crippen LogP) is 2.97. The van der Waals surface area contributed by atoms with E-state index in [0.717, 1.165) is 25.9 Å². The van der Waals surface area contributed by atoms with Gasteiger partial charge < -0.3 is 5.32 Å². The van der Waals surface area contributed by atoms with E-state index in [9.17, 15) is 18.0 Å². The third-order valence-electron chi connectivity index (χ3n) is 4.58. The zero-order chi connectivity index (χ0) is 15.9. The highest BCUT2D eigenvalue weighted by molar-refractivity contribution is 5.81. The monoisotopic (exact) mass is 312 g/mol. The maximum Gasteiger partial charge on any atom is 0.417 e. The molecule has 0 amide bonds. The van der Waals surface area contributed by atoms with Gasteiger partial charge in [-0.3, -0.25) is 9.69 Å². The van der Waals surface area contributed by atoms with Crippen LogP contribution >= 0.6 is 0 Å². The summed E-state index contributed by atoms with van der Waals surface area (Å²) in [7, 11) is 1.89. The van der Waals surface area contributed by atoms with E-state index in [0.29, 0.717) is 24.0 Å². The summed E-state index contributed by atoms with van der Waals surface area (Å²) < 4.78 is 40.1. The number of benzene rings is 1. The zero-order valence-electron chi connectivity index (χ0n) is 12.4. The predicted molar refractivity (Wildman–Crippen MR) is 77.0 cm³/mol. The number of piperazine rings is 1. The molecular weight excluding hydrogens is 293 g/mol. The van der Waals surface area contributed by atoms with Gasteiger partial charge in [0.05, 0.1) is 5.56 Å². The molecule has 22 heavy (non-hydrogen) atoms. The van der Waals surface area contributed by atoms with E-state index < -0.39 is 11.7 Å². The second kappa shape index (κ2) is 5.66. The molecule has 1 atom stereocenters. The summed E-state index contributed by atoms with van der Waals surface area (Å²) in [5.41, 5.74) is 0.214. The molecular formula is C16H19F3N2O. The molecule has 1 saturated carbocycles. The van der Waals surface area contributed by atoms with Crippen molar-refractivity contribution in [3.8, 4) is 0 Å². The average Bonchev–Trinajstić information content (AvgIpc) is 3.30. The van der Waals surface area contributed by atoms with Crippen LogP contribution in [-0.2, 0) is 6.18 Å². The highest BCUT2D eigenvalue weighted by Crippen LogP contribution is 2.44. The van der Waals surface area contributed by atoms with Gasteiger partial charge in [0.1, 0.15) is 0 Å². The summed E-state index contributed by atoms with van der Waals surface area (Å²) in [6.45, 7) is 2.11. The minimum absolute atomic E-state index is 0.200. The minimum atomic E-state index is -4.50. The molecule has 2 fully saturated rings. The van der Waals surface area contributed by atoms with Gasteiger partial charge in [-0.05, 0) is 43.0 Å². The Balaban J connectivity index is 2.13. The number of hydrogen-bond donors (Lipinski definition) is 1. The molecule has 1 N–H and O–H groups in total. The number of halogens is 3. The van der Waals surface area contributed by atoms with Crippen molar-refractivity contribution in [3.05, 3.63) is 34.4 Å². The minimum Gasteiger partial charge on any atom is -0.314 e. The van der Waals surface area contributed by atoms with Crippen molar-refractivity contribution in [2.75, 3.05) is 26.7 Å². The number of carbonyl (C=O) groups is 1. The SMILES string of the molecule is CN1CCNCC1c1cc(C2CC2)cc(C(F)(F)F)c1C=O. The van der Waals surface area contributed by atoms with Crippen LogP contribution in [0.3, 0.4) is 0 Å². The maximum absolute atomic E-state index is 13.4. The standard InChI is InChI=1S/C16H19F3N2O/c1-21-5-4-20-8-15(21)12-6-11(10-2-3-10)7-14(13(12)9-22)16(17,18)19/h6-7,9-10,15,20H,2-5,8H2,1H3. The van der Waals surface area contributed by atoms with Crippen LogP contribution in [-0.4, -0.2) is 37.9 Å². The Hall–Kier alpha value is -1.40. The first-order chi connectivity index (χ1) is 10.4. The molecule has 2 aliphatic rings. The Morgan fingerprint density at radius 1 is 1.32 bits per heavy atom. The van der Waals surface area contributed by atoms with Crippen molar-refractivity contribution in [3.63, 3.8) is 0 Å². The van der Waals surface area contributed by atoms with Gasteiger partial charge in [0, 0.05) is 31.2 Å². The normalized spacial score (nSPS) is 23.5. The highest BCUT2D eigenvalue weighted by atomic mass is 19.4. The van der Waals surface area contributed by atoms with Crippen molar-refractivity contribution in [2.45, 2.75) is 31.0 Å². The summed E-state index contributed by atoms with van der Waals surface area (Å²) in [5.74, 6) is 0.211. The quantitative estimate of drug-likeness (QED) is 0.871. The molecule has 1 saturated heterocycles. The molecule has 0 bridgehead atoms. The van der Waals surface area contributed by atoms with Crippen molar-refractivity contribution in [1.29, 1.82) is 0 Å². The fourth-order valence-electron chi connectivity index (χ4n) is 3.15. The molecule has 1 aliphatic heterocycles. The van der Waals surface area contributed by atoms with Gasteiger partial charge in [0.15, 0.2) is 6.29 Å². The first kappa shape index (κ1) is 15.5. The Labute approximate surface area is 127 Å². The van der Waals surface area contributed by atoms with Crippen molar-refractivity contribution in [1.82, 2.24) is 10.2 Å². The lowest BCUT2D eigenvalue weighted by Crippen LogP contribution is -2.44. The van der Waals surface area contributed by atoms with Crippen LogP contribution in [0.2, 0.25) is 0 Å². The lowest BCUT2D eigenvalue weighted by Gasteiger charge is -2.34. The Bertz CT molecular complexity index is 581. The number of rotatable bonds is 3. The summed E-state index contributed by atoms with van der Waals surface area (Å²) in [5, 5.41) is 3.20. The van der Waals surface area contributed by atoms with Gasteiger partial charge in [-0.15, -0.1) is 0 Å². The first-order valence-electron chi connectivity index (χ1n) is 7.53. The largest absolute Gasteiger partial charge is 0.417 e. The number of aldehydes is 1. The van der Waals surface area contributed by atoms with Crippen molar-refractivity contribution >= 4 is 6.29 Å². The Kier molecular flexibility index (Phi) is 3.99. The highest BCUT2D eigenvalue weighted by Gasteiger charge is 2.38. The molecule has 6 heteroatoms. The van der Waals surface area contributed by atoms with Gasteiger partial charge in [0.2, 0.25) is 0 Å². The molecule has 0 radical (unpaired) electrons. The van der Waals surface area contributed by atoms with Crippen LogP contribution in [0.25, 0.3) is 0 Å². The number of alkyl halides is 3. The molecule has 3 rings (SSSR count). The summed E-state index contributed by atoms with van der Waals surface area (Å²) >= 11 is 0. The van der Waals surface area contributed by atoms with Gasteiger partial charge in [0.25, 0.3) is 0 Å². The summed E-state index contributed by atoms with van der Waals surface area (Å²) in [6, 6.07) is 2.78. The second-order valence-electron chi connectivity index (χ2n) is 6.16. The second-order valence-corrected chi connectivity index (χ2v) is 6.16. The van der Waals surface area contributed by atoms with Gasteiger partial charge in [-0.2, -0.15) is 13.2 Å². The zero-order valence-corrected chi connectivity index (χ0v) is 12.4. The van der Waals surface area contributed by atoms with Crippen LogP contribution in [0, 0.1) is 0 Å². The fraction of sp³-hybridized carbons (Fsp3) is 0.562. The summed E-state index contributed by atoms with van der Waals surface area (Å²) in [4.78, 5) is 13.4. The molecule has 3 nitrogen and oxygen atoms in total. The van der Waals surface area contributed by atoms with Crippen LogP contribution in [0.5, 0.6) is 0 Å². The van der Waals surface area contributed by atoms with E-state index in [2.05, 4.69) is 5.32 Å². The third kappa shape index (κ3) is 2.90. The number of nitrogens with zero attached hydrogens (tertiary/aromatic N) is 1. The van der Waals surface area contributed by atoms with Gasteiger partial charge >= 0.3 is 6.18 Å². The van der Waals surface area contributed by atoms with E-state index in [-0.39, 0.29) is 17.5 Å².